The van der Waals surface area contributed by atoms with E-state index in [9.17, 15) is 0 Å². The quantitative estimate of drug-likeness (QED) is 0.588. The summed E-state index contributed by atoms with van der Waals surface area (Å²) in [6, 6.07) is 5.43. The lowest BCUT2D eigenvalue weighted by atomic mass is 10.3. The van der Waals surface area contributed by atoms with Gasteiger partial charge in [0.15, 0.2) is 0 Å². The Labute approximate surface area is 68.2 Å². The summed E-state index contributed by atoms with van der Waals surface area (Å²) in [5, 5.41) is 0.394. The normalized spacial score (nSPS) is 10.6. The van der Waals surface area contributed by atoms with Crippen LogP contribution in [-0.4, -0.2) is 9.97 Å². The number of aromatic amines is 1. The minimum atomic E-state index is 0.394. The van der Waals surface area contributed by atoms with Gasteiger partial charge in [0, 0.05) is 5.69 Å². The van der Waals surface area contributed by atoms with Crippen molar-refractivity contribution >= 4 is 28.3 Å². The topological polar surface area (TPSA) is 54.7 Å². The number of aromatic nitrogens is 2. The SMILES string of the molecule is Nc1ccc2[nH]c(Cl)nc2c1. The maximum absolute atomic E-state index is 5.63. The van der Waals surface area contributed by atoms with Gasteiger partial charge in [0.2, 0.25) is 5.28 Å². The van der Waals surface area contributed by atoms with E-state index in [-0.39, 0.29) is 0 Å². The molecule has 2 aromatic rings. The van der Waals surface area contributed by atoms with Crippen LogP contribution in [0.2, 0.25) is 5.28 Å². The van der Waals surface area contributed by atoms with Crippen LogP contribution in [0.4, 0.5) is 5.69 Å². The number of hydrogen-bond donors (Lipinski definition) is 2. The number of imidazole rings is 1. The second-order valence-electron chi connectivity index (χ2n) is 2.30. The highest BCUT2D eigenvalue weighted by atomic mass is 35.5. The van der Waals surface area contributed by atoms with Crippen LogP contribution >= 0.6 is 11.6 Å². The van der Waals surface area contributed by atoms with Gasteiger partial charge in [-0.2, -0.15) is 0 Å². The van der Waals surface area contributed by atoms with Crippen LogP contribution in [0.3, 0.4) is 0 Å². The minimum absolute atomic E-state index is 0.394. The van der Waals surface area contributed by atoms with Gasteiger partial charge in [-0.25, -0.2) is 4.98 Å². The molecule has 3 nitrogen and oxygen atoms in total. The molecule has 1 aromatic heterocycles. The van der Waals surface area contributed by atoms with E-state index in [0.29, 0.717) is 11.0 Å². The highest BCUT2D eigenvalue weighted by Gasteiger charge is 1.98. The highest BCUT2D eigenvalue weighted by molar-refractivity contribution is 6.29. The molecule has 0 saturated heterocycles. The van der Waals surface area contributed by atoms with Crippen molar-refractivity contribution < 1.29 is 0 Å². The fourth-order valence-corrected chi connectivity index (χ4v) is 1.18. The molecule has 0 fully saturated rings. The number of nitrogens with zero attached hydrogens (tertiary/aromatic N) is 1. The van der Waals surface area contributed by atoms with Crippen LogP contribution in [-0.2, 0) is 0 Å². The predicted molar refractivity (Wildman–Crippen MR) is 45.5 cm³/mol. The third-order valence-corrected chi connectivity index (χ3v) is 1.66. The lowest BCUT2D eigenvalue weighted by Gasteiger charge is -1.89. The first-order chi connectivity index (χ1) is 5.25. The van der Waals surface area contributed by atoms with Crippen molar-refractivity contribution in [2.75, 3.05) is 5.73 Å². The van der Waals surface area contributed by atoms with Crippen LogP contribution < -0.4 is 5.73 Å². The largest absolute Gasteiger partial charge is 0.399 e. The summed E-state index contributed by atoms with van der Waals surface area (Å²) in [6.45, 7) is 0. The molecular formula is C7H6ClN3. The Morgan fingerprint density at radius 1 is 1.45 bits per heavy atom. The summed E-state index contributed by atoms with van der Waals surface area (Å²) in [5.74, 6) is 0. The molecule has 0 amide bonds. The van der Waals surface area contributed by atoms with Crippen molar-refractivity contribution in [3.63, 3.8) is 0 Å². The molecule has 0 aliphatic carbocycles. The van der Waals surface area contributed by atoms with Crippen LogP contribution in [0.15, 0.2) is 18.2 Å². The number of benzene rings is 1. The van der Waals surface area contributed by atoms with Crippen LogP contribution in [0.25, 0.3) is 11.0 Å². The second-order valence-corrected chi connectivity index (χ2v) is 2.66. The maximum atomic E-state index is 5.63. The van der Waals surface area contributed by atoms with Gasteiger partial charge >= 0.3 is 0 Å². The summed E-state index contributed by atoms with van der Waals surface area (Å²) in [5.41, 5.74) is 7.94. The van der Waals surface area contributed by atoms with Gasteiger partial charge in [-0.15, -0.1) is 0 Å². The molecule has 0 unspecified atom stereocenters. The van der Waals surface area contributed by atoms with Crippen molar-refractivity contribution in [1.82, 2.24) is 9.97 Å². The number of fused-ring (bicyclic) bond motifs is 1. The number of anilines is 1. The molecule has 0 saturated carbocycles. The molecule has 11 heavy (non-hydrogen) atoms. The van der Waals surface area contributed by atoms with Crippen molar-refractivity contribution in [3.8, 4) is 0 Å². The molecule has 1 aromatic carbocycles. The Morgan fingerprint density at radius 2 is 2.27 bits per heavy atom. The summed E-state index contributed by atoms with van der Waals surface area (Å²) in [6.07, 6.45) is 0. The molecule has 3 N–H and O–H groups in total. The molecule has 0 bridgehead atoms. The number of halogens is 1. The average molecular weight is 168 g/mol. The molecule has 0 spiro atoms. The predicted octanol–water partition coefficient (Wildman–Crippen LogP) is 1.80. The Kier molecular flexibility index (Phi) is 1.26. The summed E-state index contributed by atoms with van der Waals surface area (Å²) in [7, 11) is 0. The van der Waals surface area contributed by atoms with Gasteiger partial charge in [0.1, 0.15) is 0 Å². The zero-order valence-corrected chi connectivity index (χ0v) is 6.39. The number of nitrogens with one attached hydrogen (secondary N) is 1. The zero-order valence-electron chi connectivity index (χ0n) is 5.63. The third-order valence-electron chi connectivity index (χ3n) is 1.48. The first kappa shape index (κ1) is 6.49. The number of nitrogen functional groups attached to an aromatic ring is 1. The number of hydrogen-bond acceptors (Lipinski definition) is 2. The van der Waals surface area contributed by atoms with E-state index in [4.69, 9.17) is 17.3 Å². The molecule has 4 heteroatoms. The Hall–Kier alpha value is -1.22. The van der Waals surface area contributed by atoms with Crippen LogP contribution in [0.1, 0.15) is 0 Å². The summed E-state index contributed by atoms with van der Waals surface area (Å²) >= 11 is 5.63. The first-order valence-corrected chi connectivity index (χ1v) is 3.54. The number of H-pyrrole nitrogens is 1. The van der Waals surface area contributed by atoms with E-state index in [1.54, 1.807) is 12.1 Å². The maximum Gasteiger partial charge on any atom is 0.201 e. The number of nitrogens with two attached hydrogens (primary N) is 1. The standard InChI is InChI=1S/C7H6ClN3/c8-7-10-5-2-1-4(9)3-6(5)11-7/h1-3H,9H2,(H,10,11). The molecule has 1 heterocycles. The number of rotatable bonds is 0. The monoisotopic (exact) mass is 167 g/mol. The molecule has 0 radical (unpaired) electrons. The molecular weight excluding hydrogens is 162 g/mol. The Balaban J connectivity index is 2.82. The molecule has 2 rings (SSSR count). The van der Waals surface area contributed by atoms with E-state index in [0.717, 1.165) is 11.0 Å². The van der Waals surface area contributed by atoms with Crippen LogP contribution in [0, 0.1) is 0 Å². The first-order valence-electron chi connectivity index (χ1n) is 3.16. The van der Waals surface area contributed by atoms with E-state index >= 15 is 0 Å². The summed E-state index contributed by atoms with van der Waals surface area (Å²) in [4.78, 5) is 6.89. The van der Waals surface area contributed by atoms with Gasteiger partial charge in [-0.1, -0.05) is 0 Å². The lowest BCUT2D eigenvalue weighted by Crippen LogP contribution is -1.82. The highest BCUT2D eigenvalue weighted by Crippen LogP contribution is 2.16. The van der Waals surface area contributed by atoms with E-state index in [1.165, 1.54) is 0 Å². The van der Waals surface area contributed by atoms with Gasteiger partial charge in [0.25, 0.3) is 0 Å². The van der Waals surface area contributed by atoms with Gasteiger partial charge in [-0.05, 0) is 29.8 Å². The van der Waals surface area contributed by atoms with Crippen molar-refractivity contribution in [2.24, 2.45) is 0 Å². The van der Waals surface area contributed by atoms with Crippen LogP contribution in [0.5, 0.6) is 0 Å². The third kappa shape index (κ3) is 1.03. The van der Waals surface area contributed by atoms with E-state index in [1.807, 2.05) is 6.07 Å². The van der Waals surface area contributed by atoms with E-state index in [2.05, 4.69) is 9.97 Å². The van der Waals surface area contributed by atoms with Gasteiger partial charge < -0.3 is 10.7 Å². The Bertz CT molecular complexity index is 393. The smallest absolute Gasteiger partial charge is 0.201 e. The minimum Gasteiger partial charge on any atom is -0.399 e. The molecule has 0 aliphatic rings. The Morgan fingerprint density at radius 3 is 3.09 bits per heavy atom. The lowest BCUT2D eigenvalue weighted by molar-refractivity contribution is 1.34. The van der Waals surface area contributed by atoms with Crippen molar-refractivity contribution in [3.05, 3.63) is 23.5 Å². The van der Waals surface area contributed by atoms with E-state index < -0.39 is 0 Å². The van der Waals surface area contributed by atoms with Gasteiger partial charge in [-0.3, -0.25) is 0 Å². The fourth-order valence-electron chi connectivity index (χ4n) is 0.992. The van der Waals surface area contributed by atoms with Crippen molar-refractivity contribution in [1.29, 1.82) is 0 Å². The van der Waals surface area contributed by atoms with Crippen molar-refractivity contribution in [2.45, 2.75) is 0 Å². The fraction of sp³-hybridized carbons (Fsp3) is 0. The average Bonchev–Trinajstić information content (AvgIpc) is 2.27. The van der Waals surface area contributed by atoms with Gasteiger partial charge in [0.05, 0.1) is 11.0 Å². The zero-order chi connectivity index (χ0) is 7.84. The molecule has 56 valence electrons. The molecule has 0 aliphatic heterocycles. The second kappa shape index (κ2) is 2.13. The summed E-state index contributed by atoms with van der Waals surface area (Å²) < 4.78 is 0. The molecule has 0 atom stereocenters.